The topological polar surface area (TPSA) is 83.4 Å². The van der Waals surface area contributed by atoms with Crippen molar-refractivity contribution in [3.8, 4) is 0 Å². The van der Waals surface area contributed by atoms with E-state index in [1.165, 1.54) is 16.2 Å². The molecule has 0 aliphatic carbocycles. The van der Waals surface area contributed by atoms with Crippen LogP contribution < -0.4 is 4.90 Å². The average Bonchev–Trinajstić information content (AvgIpc) is 3.33. The standard InChI is InChI=1S/C25H19N3O3S/c1-14-11-15(2)20-18(12-14)32-25(27-20)28-21(17-9-6-10-26-13-17)19(23(30)24(28)31)22(29)16-7-4-3-5-8-16/h3-13,21,29H,1-2H3. The second-order valence-corrected chi connectivity index (χ2v) is 8.76. The lowest BCUT2D eigenvalue weighted by Crippen LogP contribution is -2.29. The number of hydrogen-bond acceptors (Lipinski definition) is 6. The highest BCUT2D eigenvalue weighted by atomic mass is 32.1. The average molecular weight is 442 g/mol. The third-order valence-electron chi connectivity index (χ3n) is 5.52. The summed E-state index contributed by atoms with van der Waals surface area (Å²) >= 11 is 1.35. The summed E-state index contributed by atoms with van der Waals surface area (Å²) in [7, 11) is 0. The second-order valence-electron chi connectivity index (χ2n) is 7.75. The molecule has 1 amide bonds. The molecule has 3 heterocycles. The summed E-state index contributed by atoms with van der Waals surface area (Å²) in [6, 6.07) is 15.5. The summed E-state index contributed by atoms with van der Waals surface area (Å²) < 4.78 is 0.937. The maximum Gasteiger partial charge on any atom is 0.301 e. The van der Waals surface area contributed by atoms with Crippen LogP contribution >= 0.6 is 11.3 Å². The van der Waals surface area contributed by atoms with Gasteiger partial charge in [-0.05, 0) is 42.7 Å². The number of aryl methyl sites for hydroxylation is 2. The van der Waals surface area contributed by atoms with E-state index in [1.807, 2.05) is 32.0 Å². The zero-order chi connectivity index (χ0) is 22.4. The highest BCUT2D eigenvalue weighted by Crippen LogP contribution is 2.44. The van der Waals surface area contributed by atoms with Crippen molar-refractivity contribution in [2.45, 2.75) is 19.9 Å². The lowest BCUT2D eigenvalue weighted by atomic mass is 9.96. The Labute approximate surface area is 188 Å². The molecule has 1 aliphatic heterocycles. The molecule has 1 aliphatic rings. The Morgan fingerprint density at radius 3 is 2.56 bits per heavy atom. The van der Waals surface area contributed by atoms with Gasteiger partial charge in [-0.3, -0.25) is 19.5 Å². The first-order valence-corrected chi connectivity index (χ1v) is 10.9. The first-order chi connectivity index (χ1) is 15.5. The van der Waals surface area contributed by atoms with Crippen LogP contribution in [0.1, 0.15) is 28.3 Å². The first-order valence-electron chi connectivity index (χ1n) is 10.1. The number of anilines is 1. The zero-order valence-corrected chi connectivity index (χ0v) is 18.3. The zero-order valence-electron chi connectivity index (χ0n) is 17.4. The minimum atomic E-state index is -0.828. The minimum absolute atomic E-state index is 0.0290. The van der Waals surface area contributed by atoms with E-state index in [0.717, 1.165) is 21.3 Å². The first kappa shape index (κ1) is 20.1. The summed E-state index contributed by atoms with van der Waals surface area (Å²) in [5.41, 5.74) is 4.01. The number of nitrogens with zero attached hydrogens (tertiary/aromatic N) is 3. The molecule has 5 rings (SSSR count). The van der Waals surface area contributed by atoms with Crippen LogP contribution in [-0.4, -0.2) is 26.8 Å². The van der Waals surface area contributed by atoms with E-state index in [1.54, 1.807) is 48.8 Å². The van der Waals surface area contributed by atoms with Crippen LogP contribution in [0.2, 0.25) is 0 Å². The summed E-state index contributed by atoms with van der Waals surface area (Å²) in [6.45, 7) is 3.98. The number of carbonyl (C=O) groups is 2. The Hall–Kier alpha value is -3.84. The van der Waals surface area contributed by atoms with Crippen molar-refractivity contribution in [3.63, 3.8) is 0 Å². The number of rotatable bonds is 3. The van der Waals surface area contributed by atoms with Gasteiger partial charge >= 0.3 is 5.91 Å². The highest BCUT2D eigenvalue weighted by molar-refractivity contribution is 7.22. The molecule has 2 aromatic heterocycles. The molecule has 1 fully saturated rings. The number of carbonyl (C=O) groups excluding carboxylic acids is 2. The van der Waals surface area contributed by atoms with E-state index >= 15 is 0 Å². The molecular formula is C25H19N3O3S. The van der Waals surface area contributed by atoms with Crippen LogP contribution in [0.4, 0.5) is 5.13 Å². The molecule has 1 saturated heterocycles. The molecule has 32 heavy (non-hydrogen) atoms. The SMILES string of the molecule is Cc1cc(C)c2nc(N3C(=O)C(=O)C(=C(O)c4ccccc4)C3c3cccnc3)sc2c1. The van der Waals surface area contributed by atoms with Crippen LogP contribution in [0.25, 0.3) is 16.0 Å². The second kappa shape index (κ2) is 7.69. The number of amides is 1. The van der Waals surface area contributed by atoms with Gasteiger partial charge < -0.3 is 5.11 Å². The van der Waals surface area contributed by atoms with Crippen molar-refractivity contribution in [1.29, 1.82) is 0 Å². The number of aliphatic hydroxyl groups is 1. The van der Waals surface area contributed by atoms with Gasteiger partial charge in [-0.2, -0.15) is 0 Å². The molecule has 4 aromatic rings. The fourth-order valence-corrected chi connectivity index (χ4v) is 5.26. The fourth-order valence-electron chi connectivity index (χ4n) is 4.10. The number of aliphatic hydroxyl groups excluding tert-OH is 1. The van der Waals surface area contributed by atoms with E-state index < -0.39 is 17.7 Å². The normalized spacial score (nSPS) is 17.9. The third-order valence-corrected chi connectivity index (χ3v) is 6.52. The number of pyridine rings is 1. The van der Waals surface area contributed by atoms with Gasteiger partial charge in [0.25, 0.3) is 5.78 Å². The number of ketones is 1. The molecule has 1 unspecified atom stereocenters. The van der Waals surface area contributed by atoms with Crippen LogP contribution in [0.3, 0.4) is 0 Å². The predicted octanol–water partition coefficient (Wildman–Crippen LogP) is 4.93. The number of benzene rings is 2. The Bertz CT molecular complexity index is 1390. The molecule has 0 radical (unpaired) electrons. The minimum Gasteiger partial charge on any atom is -0.507 e. The van der Waals surface area contributed by atoms with Crippen molar-refractivity contribution in [2.24, 2.45) is 0 Å². The predicted molar refractivity (Wildman–Crippen MR) is 125 cm³/mol. The Balaban J connectivity index is 1.74. The fraction of sp³-hybridized carbons (Fsp3) is 0.120. The lowest BCUT2D eigenvalue weighted by Gasteiger charge is -2.22. The van der Waals surface area contributed by atoms with Gasteiger partial charge in [0.2, 0.25) is 0 Å². The van der Waals surface area contributed by atoms with Gasteiger partial charge in [0, 0.05) is 18.0 Å². The van der Waals surface area contributed by atoms with E-state index in [4.69, 9.17) is 4.98 Å². The molecule has 0 spiro atoms. The van der Waals surface area contributed by atoms with E-state index in [9.17, 15) is 14.7 Å². The smallest absolute Gasteiger partial charge is 0.301 e. The monoisotopic (exact) mass is 441 g/mol. The van der Waals surface area contributed by atoms with Crippen LogP contribution in [0.15, 0.2) is 72.6 Å². The van der Waals surface area contributed by atoms with Gasteiger partial charge in [0.05, 0.1) is 21.8 Å². The summed E-state index contributed by atoms with van der Waals surface area (Å²) in [6.07, 6.45) is 3.22. The maximum atomic E-state index is 13.2. The number of hydrogen-bond donors (Lipinski definition) is 1. The molecule has 0 saturated carbocycles. The van der Waals surface area contributed by atoms with Gasteiger partial charge in [-0.15, -0.1) is 0 Å². The molecule has 6 nitrogen and oxygen atoms in total. The lowest BCUT2D eigenvalue weighted by molar-refractivity contribution is -0.132. The van der Waals surface area contributed by atoms with Crippen molar-refractivity contribution >= 4 is 44.1 Å². The molecule has 1 atom stereocenters. The van der Waals surface area contributed by atoms with E-state index in [0.29, 0.717) is 16.3 Å². The molecular weight excluding hydrogens is 422 g/mol. The summed E-state index contributed by atoms with van der Waals surface area (Å²) in [5, 5.41) is 11.5. The largest absolute Gasteiger partial charge is 0.507 e. The Kier molecular flexibility index (Phi) is 4.83. The molecule has 7 heteroatoms. The molecule has 0 bridgehead atoms. The Morgan fingerprint density at radius 2 is 1.84 bits per heavy atom. The van der Waals surface area contributed by atoms with Gasteiger partial charge in [-0.25, -0.2) is 4.98 Å². The van der Waals surface area contributed by atoms with E-state index in [-0.39, 0.29) is 11.3 Å². The van der Waals surface area contributed by atoms with E-state index in [2.05, 4.69) is 4.98 Å². The Morgan fingerprint density at radius 1 is 1.06 bits per heavy atom. The van der Waals surface area contributed by atoms with Gasteiger partial charge in [-0.1, -0.05) is 53.8 Å². The highest BCUT2D eigenvalue weighted by Gasteiger charge is 2.48. The van der Waals surface area contributed by atoms with Crippen molar-refractivity contribution in [3.05, 3.63) is 94.8 Å². The number of thiazole rings is 1. The number of fused-ring (bicyclic) bond motifs is 1. The third kappa shape index (κ3) is 3.18. The van der Waals surface area contributed by atoms with Gasteiger partial charge in [0.1, 0.15) is 5.76 Å². The molecule has 2 aromatic carbocycles. The van der Waals surface area contributed by atoms with Crippen LogP contribution in [-0.2, 0) is 9.59 Å². The summed E-state index contributed by atoms with van der Waals surface area (Å²) in [4.78, 5) is 36.7. The van der Waals surface area contributed by atoms with Crippen molar-refractivity contribution < 1.29 is 14.7 Å². The van der Waals surface area contributed by atoms with Crippen molar-refractivity contribution in [2.75, 3.05) is 4.90 Å². The van der Waals surface area contributed by atoms with Crippen molar-refractivity contribution in [1.82, 2.24) is 9.97 Å². The van der Waals surface area contributed by atoms with Crippen LogP contribution in [0.5, 0.6) is 0 Å². The maximum absolute atomic E-state index is 13.2. The molecule has 1 N–H and O–H groups in total. The summed E-state index contributed by atoms with van der Waals surface area (Å²) in [5.74, 6) is -1.68. The van der Waals surface area contributed by atoms with Gasteiger partial charge in [0.15, 0.2) is 5.13 Å². The van der Waals surface area contributed by atoms with Crippen LogP contribution in [0, 0.1) is 13.8 Å². The quantitative estimate of drug-likeness (QED) is 0.277. The molecule has 158 valence electrons. The number of aromatic nitrogens is 2. The number of Topliss-reactive ketones (excluding diaryl/α,β-unsaturated/α-hetero) is 1.